The highest BCUT2D eigenvalue weighted by atomic mass is 15.2. The fraction of sp³-hybridized carbons (Fsp3) is 0.538. The van der Waals surface area contributed by atoms with Crippen molar-refractivity contribution >= 4 is 5.69 Å². The maximum Gasteiger partial charge on any atom is 0.0431 e. The van der Waals surface area contributed by atoms with Gasteiger partial charge in [0.15, 0.2) is 0 Å². The summed E-state index contributed by atoms with van der Waals surface area (Å²) >= 11 is 0. The van der Waals surface area contributed by atoms with Crippen LogP contribution in [0, 0.1) is 6.92 Å². The van der Waals surface area contributed by atoms with E-state index < -0.39 is 0 Å². The van der Waals surface area contributed by atoms with Gasteiger partial charge in [0.25, 0.3) is 0 Å². The van der Waals surface area contributed by atoms with E-state index in [0.29, 0.717) is 12.1 Å². The Kier molecular flexibility index (Phi) is 1.99. The fourth-order valence-corrected chi connectivity index (χ4v) is 3.12. The normalized spacial score (nSPS) is 28.8. The van der Waals surface area contributed by atoms with Crippen LogP contribution in [0.5, 0.6) is 0 Å². The van der Waals surface area contributed by atoms with Crippen molar-refractivity contribution in [1.29, 1.82) is 0 Å². The Balaban J connectivity index is 2.00. The molecule has 2 aliphatic heterocycles. The molecule has 2 aliphatic rings. The third-order valence-electron chi connectivity index (χ3n) is 3.82. The number of anilines is 1. The smallest absolute Gasteiger partial charge is 0.0431 e. The van der Waals surface area contributed by atoms with Crippen molar-refractivity contribution in [2.24, 2.45) is 5.73 Å². The van der Waals surface area contributed by atoms with E-state index in [2.05, 4.69) is 30.0 Å². The zero-order valence-corrected chi connectivity index (χ0v) is 9.24. The number of para-hydroxylation sites is 1. The van der Waals surface area contributed by atoms with Gasteiger partial charge in [-0.25, -0.2) is 0 Å². The molecule has 1 fully saturated rings. The van der Waals surface area contributed by atoms with E-state index in [-0.39, 0.29) is 0 Å². The number of aryl methyl sites for hydroxylation is 1. The lowest BCUT2D eigenvalue weighted by molar-refractivity contribution is 0.425. The topological polar surface area (TPSA) is 29.3 Å². The van der Waals surface area contributed by atoms with E-state index in [1.54, 1.807) is 0 Å². The Bertz CT molecular complexity index is 386. The minimum absolute atomic E-state index is 0.417. The summed E-state index contributed by atoms with van der Waals surface area (Å²) in [5.41, 5.74) is 10.5. The van der Waals surface area contributed by atoms with Gasteiger partial charge in [-0.3, -0.25) is 0 Å². The summed E-state index contributed by atoms with van der Waals surface area (Å²) in [6, 6.07) is 7.75. The zero-order valence-electron chi connectivity index (χ0n) is 9.24. The molecule has 80 valence electrons. The predicted molar refractivity (Wildman–Crippen MR) is 63.2 cm³/mol. The van der Waals surface area contributed by atoms with Gasteiger partial charge in [-0.1, -0.05) is 18.2 Å². The van der Waals surface area contributed by atoms with Crippen LogP contribution in [-0.4, -0.2) is 18.6 Å². The second kappa shape index (κ2) is 3.24. The molecular weight excluding hydrogens is 184 g/mol. The Morgan fingerprint density at radius 3 is 3.13 bits per heavy atom. The van der Waals surface area contributed by atoms with Crippen molar-refractivity contribution in [3.8, 4) is 0 Å². The molecule has 0 aromatic heterocycles. The van der Waals surface area contributed by atoms with Gasteiger partial charge in [0.2, 0.25) is 0 Å². The SMILES string of the molecule is Cc1cccc2c1N1CCC(N)CC1C2. The number of nitrogens with two attached hydrogens (primary N) is 1. The average Bonchev–Trinajstić information content (AvgIpc) is 2.56. The molecule has 3 rings (SSSR count). The van der Waals surface area contributed by atoms with Gasteiger partial charge in [0.1, 0.15) is 0 Å². The third kappa shape index (κ3) is 1.36. The fourth-order valence-electron chi connectivity index (χ4n) is 3.12. The average molecular weight is 202 g/mol. The van der Waals surface area contributed by atoms with Crippen LogP contribution in [0.25, 0.3) is 0 Å². The number of hydrogen-bond acceptors (Lipinski definition) is 2. The highest BCUT2D eigenvalue weighted by molar-refractivity contribution is 5.64. The molecule has 2 unspecified atom stereocenters. The van der Waals surface area contributed by atoms with Crippen molar-refractivity contribution < 1.29 is 0 Å². The van der Waals surface area contributed by atoms with Crippen LogP contribution in [0.15, 0.2) is 18.2 Å². The van der Waals surface area contributed by atoms with Gasteiger partial charge in [-0.2, -0.15) is 0 Å². The standard InChI is InChI=1S/C13H18N2/c1-9-3-2-4-10-7-12-8-11(14)5-6-15(12)13(9)10/h2-4,11-12H,5-8,14H2,1H3. The number of rotatable bonds is 0. The van der Waals surface area contributed by atoms with E-state index in [1.165, 1.54) is 23.2 Å². The first kappa shape index (κ1) is 9.22. The highest BCUT2D eigenvalue weighted by Crippen LogP contribution is 2.38. The lowest BCUT2D eigenvalue weighted by Gasteiger charge is -2.35. The molecule has 2 nitrogen and oxygen atoms in total. The van der Waals surface area contributed by atoms with Crippen LogP contribution in [0.3, 0.4) is 0 Å². The zero-order chi connectivity index (χ0) is 10.4. The second-order valence-electron chi connectivity index (χ2n) is 4.92. The minimum atomic E-state index is 0.417. The second-order valence-corrected chi connectivity index (χ2v) is 4.92. The summed E-state index contributed by atoms with van der Waals surface area (Å²) in [5.74, 6) is 0. The molecule has 15 heavy (non-hydrogen) atoms. The Morgan fingerprint density at radius 1 is 1.40 bits per heavy atom. The van der Waals surface area contributed by atoms with Crippen LogP contribution < -0.4 is 10.6 Å². The van der Waals surface area contributed by atoms with Crippen LogP contribution >= 0.6 is 0 Å². The van der Waals surface area contributed by atoms with Crippen molar-refractivity contribution in [2.75, 3.05) is 11.4 Å². The monoisotopic (exact) mass is 202 g/mol. The predicted octanol–water partition coefficient (Wildman–Crippen LogP) is 1.85. The quantitative estimate of drug-likeness (QED) is 0.695. The molecule has 1 saturated heterocycles. The van der Waals surface area contributed by atoms with Crippen molar-refractivity contribution in [2.45, 2.75) is 38.3 Å². The van der Waals surface area contributed by atoms with Crippen LogP contribution in [0.1, 0.15) is 24.0 Å². The maximum atomic E-state index is 6.04. The van der Waals surface area contributed by atoms with E-state index in [9.17, 15) is 0 Å². The van der Waals surface area contributed by atoms with Crippen molar-refractivity contribution in [1.82, 2.24) is 0 Å². The number of fused-ring (bicyclic) bond motifs is 3. The van der Waals surface area contributed by atoms with Crippen LogP contribution in [0.2, 0.25) is 0 Å². The largest absolute Gasteiger partial charge is 0.368 e. The number of hydrogen-bond donors (Lipinski definition) is 1. The summed E-state index contributed by atoms with van der Waals surface area (Å²) in [4.78, 5) is 2.58. The first-order chi connectivity index (χ1) is 7.25. The molecular formula is C13H18N2. The summed E-state index contributed by atoms with van der Waals surface area (Å²) in [5, 5.41) is 0. The lowest BCUT2D eigenvalue weighted by Crippen LogP contribution is -2.45. The van der Waals surface area contributed by atoms with E-state index in [4.69, 9.17) is 5.73 Å². The molecule has 2 atom stereocenters. The van der Waals surface area contributed by atoms with Gasteiger partial charge in [0.05, 0.1) is 0 Å². The summed E-state index contributed by atoms with van der Waals surface area (Å²) in [6.45, 7) is 3.36. The van der Waals surface area contributed by atoms with E-state index in [0.717, 1.165) is 19.4 Å². The van der Waals surface area contributed by atoms with E-state index >= 15 is 0 Å². The maximum absolute atomic E-state index is 6.04. The van der Waals surface area contributed by atoms with Gasteiger partial charge in [-0.05, 0) is 37.3 Å². The molecule has 0 amide bonds. The Hall–Kier alpha value is -1.02. The summed E-state index contributed by atoms with van der Waals surface area (Å²) in [6.07, 6.45) is 3.50. The molecule has 0 aliphatic carbocycles. The summed E-state index contributed by atoms with van der Waals surface area (Å²) in [7, 11) is 0. The number of benzene rings is 1. The molecule has 2 N–H and O–H groups in total. The van der Waals surface area contributed by atoms with Crippen molar-refractivity contribution in [3.05, 3.63) is 29.3 Å². The first-order valence-electron chi connectivity index (χ1n) is 5.86. The molecule has 1 aromatic rings. The van der Waals surface area contributed by atoms with Gasteiger partial charge in [0, 0.05) is 24.3 Å². The van der Waals surface area contributed by atoms with Gasteiger partial charge in [-0.15, -0.1) is 0 Å². The Morgan fingerprint density at radius 2 is 2.27 bits per heavy atom. The molecule has 0 bridgehead atoms. The molecule has 2 heteroatoms. The van der Waals surface area contributed by atoms with Gasteiger partial charge < -0.3 is 10.6 Å². The molecule has 0 spiro atoms. The Labute approximate surface area is 91.1 Å². The third-order valence-corrected chi connectivity index (χ3v) is 3.82. The minimum Gasteiger partial charge on any atom is -0.368 e. The number of nitrogens with zero attached hydrogens (tertiary/aromatic N) is 1. The van der Waals surface area contributed by atoms with Crippen molar-refractivity contribution in [3.63, 3.8) is 0 Å². The molecule has 0 radical (unpaired) electrons. The number of piperidine rings is 1. The highest BCUT2D eigenvalue weighted by Gasteiger charge is 2.34. The first-order valence-corrected chi connectivity index (χ1v) is 5.86. The van der Waals surface area contributed by atoms with Crippen LogP contribution in [-0.2, 0) is 6.42 Å². The molecule has 0 saturated carbocycles. The molecule has 1 aromatic carbocycles. The molecule has 2 heterocycles. The summed E-state index contributed by atoms with van der Waals surface area (Å²) < 4.78 is 0. The van der Waals surface area contributed by atoms with E-state index in [1.807, 2.05) is 0 Å². The van der Waals surface area contributed by atoms with Crippen LogP contribution in [0.4, 0.5) is 5.69 Å². The lowest BCUT2D eigenvalue weighted by atomic mass is 9.97. The van der Waals surface area contributed by atoms with Gasteiger partial charge >= 0.3 is 0 Å².